The molecular formula is C20H27N3O2. The zero-order valence-electron chi connectivity index (χ0n) is 15.6. The number of nitrogens with one attached hydrogen (secondary N) is 1. The summed E-state index contributed by atoms with van der Waals surface area (Å²) in [6, 6.07) is 6.30. The second-order valence-corrected chi connectivity index (χ2v) is 6.91. The minimum Gasteiger partial charge on any atom is -0.497 e. The third-order valence-electron chi connectivity index (χ3n) is 5.33. The Kier molecular flexibility index (Phi) is 5.11. The number of amides is 1. The SMILES string of the molecule is COc1ccc2c(c1)CCC[C@H]2CNC(=O)Cc1c(C)nn(C)c1C. The highest BCUT2D eigenvalue weighted by Crippen LogP contribution is 2.33. The molecule has 5 heteroatoms. The van der Waals surface area contributed by atoms with Crippen molar-refractivity contribution in [2.45, 2.75) is 45.4 Å². The van der Waals surface area contributed by atoms with Crippen LogP contribution in [0.25, 0.3) is 0 Å². The molecule has 5 nitrogen and oxygen atoms in total. The highest BCUT2D eigenvalue weighted by molar-refractivity contribution is 5.79. The molecule has 1 amide bonds. The summed E-state index contributed by atoms with van der Waals surface area (Å²) in [7, 11) is 3.61. The first-order chi connectivity index (χ1) is 12.0. The molecule has 0 spiro atoms. The van der Waals surface area contributed by atoms with Crippen LogP contribution in [0.4, 0.5) is 0 Å². The van der Waals surface area contributed by atoms with Crippen LogP contribution in [0.1, 0.15) is 46.8 Å². The zero-order valence-corrected chi connectivity index (χ0v) is 15.6. The van der Waals surface area contributed by atoms with Crippen LogP contribution in [-0.2, 0) is 24.7 Å². The first kappa shape index (κ1) is 17.5. The monoisotopic (exact) mass is 341 g/mol. The Balaban J connectivity index is 1.63. The van der Waals surface area contributed by atoms with Crippen LogP contribution >= 0.6 is 0 Å². The Morgan fingerprint density at radius 3 is 2.88 bits per heavy atom. The molecule has 2 aromatic rings. The molecule has 0 aliphatic heterocycles. The number of aryl methyl sites for hydroxylation is 3. The second kappa shape index (κ2) is 7.30. The van der Waals surface area contributed by atoms with Gasteiger partial charge >= 0.3 is 0 Å². The van der Waals surface area contributed by atoms with Gasteiger partial charge in [-0.15, -0.1) is 0 Å². The second-order valence-electron chi connectivity index (χ2n) is 6.91. The molecule has 1 heterocycles. The van der Waals surface area contributed by atoms with Crippen LogP contribution in [0.5, 0.6) is 5.75 Å². The predicted molar refractivity (Wildman–Crippen MR) is 98.1 cm³/mol. The van der Waals surface area contributed by atoms with E-state index in [1.54, 1.807) is 7.11 Å². The first-order valence-corrected chi connectivity index (χ1v) is 8.92. The van der Waals surface area contributed by atoms with Crippen molar-refractivity contribution in [2.75, 3.05) is 13.7 Å². The van der Waals surface area contributed by atoms with Crippen LogP contribution in [0.2, 0.25) is 0 Å². The number of nitrogens with zero attached hydrogens (tertiary/aromatic N) is 2. The lowest BCUT2D eigenvalue weighted by atomic mass is 9.82. The fourth-order valence-corrected chi connectivity index (χ4v) is 3.76. The van der Waals surface area contributed by atoms with Crippen molar-refractivity contribution in [3.63, 3.8) is 0 Å². The van der Waals surface area contributed by atoms with E-state index in [0.717, 1.165) is 42.0 Å². The molecule has 3 rings (SSSR count). The molecule has 1 aromatic heterocycles. The van der Waals surface area contributed by atoms with E-state index in [4.69, 9.17) is 4.74 Å². The Morgan fingerprint density at radius 2 is 2.20 bits per heavy atom. The van der Waals surface area contributed by atoms with Gasteiger partial charge in [0.1, 0.15) is 5.75 Å². The Bertz CT molecular complexity index is 779. The molecular weight excluding hydrogens is 314 g/mol. The summed E-state index contributed by atoms with van der Waals surface area (Å²) in [5.41, 5.74) is 5.73. The van der Waals surface area contributed by atoms with E-state index >= 15 is 0 Å². The Morgan fingerprint density at radius 1 is 1.40 bits per heavy atom. The first-order valence-electron chi connectivity index (χ1n) is 8.92. The molecule has 1 aromatic carbocycles. The van der Waals surface area contributed by atoms with E-state index in [0.29, 0.717) is 18.9 Å². The molecule has 1 atom stereocenters. The lowest BCUT2D eigenvalue weighted by Crippen LogP contribution is -2.31. The molecule has 0 saturated carbocycles. The maximum atomic E-state index is 12.4. The van der Waals surface area contributed by atoms with E-state index in [1.807, 2.05) is 31.6 Å². The van der Waals surface area contributed by atoms with Crippen LogP contribution in [-0.4, -0.2) is 29.3 Å². The van der Waals surface area contributed by atoms with Gasteiger partial charge in [0.2, 0.25) is 5.91 Å². The summed E-state index contributed by atoms with van der Waals surface area (Å²) >= 11 is 0. The summed E-state index contributed by atoms with van der Waals surface area (Å²) in [6.07, 6.45) is 3.75. The largest absolute Gasteiger partial charge is 0.497 e. The number of aromatic nitrogens is 2. The number of hydrogen-bond acceptors (Lipinski definition) is 3. The van der Waals surface area contributed by atoms with E-state index in [-0.39, 0.29) is 5.91 Å². The molecule has 25 heavy (non-hydrogen) atoms. The van der Waals surface area contributed by atoms with Crippen molar-refractivity contribution < 1.29 is 9.53 Å². The fourth-order valence-electron chi connectivity index (χ4n) is 3.76. The number of rotatable bonds is 5. The van der Waals surface area contributed by atoms with Gasteiger partial charge in [0, 0.05) is 30.8 Å². The van der Waals surface area contributed by atoms with Gasteiger partial charge in [-0.2, -0.15) is 5.10 Å². The number of benzene rings is 1. The number of fused-ring (bicyclic) bond motifs is 1. The smallest absolute Gasteiger partial charge is 0.224 e. The molecule has 1 N–H and O–H groups in total. The summed E-state index contributed by atoms with van der Waals surface area (Å²) in [5.74, 6) is 1.36. The van der Waals surface area contributed by atoms with E-state index in [1.165, 1.54) is 11.1 Å². The average molecular weight is 341 g/mol. The minimum absolute atomic E-state index is 0.0693. The van der Waals surface area contributed by atoms with Gasteiger partial charge in [-0.1, -0.05) is 6.07 Å². The molecule has 0 saturated heterocycles. The van der Waals surface area contributed by atoms with E-state index in [2.05, 4.69) is 22.5 Å². The van der Waals surface area contributed by atoms with Gasteiger partial charge in [0.05, 0.1) is 19.2 Å². The molecule has 0 fully saturated rings. The zero-order chi connectivity index (χ0) is 18.0. The van der Waals surface area contributed by atoms with Crippen LogP contribution < -0.4 is 10.1 Å². The van der Waals surface area contributed by atoms with Crippen molar-refractivity contribution in [2.24, 2.45) is 7.05 Å². The van der Waals surface area contributed by atoms with Gasteiger partial charge in [-0.3, -0.25) is 9.48 Å². The lowest BCUT2D eigenvalue weighted by Gasteiger charge is -2.26. The maximum absolute atomic E-state index is 12.4. The standard InChI is InChI=1S/C20H27N3O2/c1-13-19(14(2)23(3)22-13)11-20(24)21-12-16-7-5-6-15-10-17(25-4)8-9-18(15)16/h8-10,16H,5-7,11-12H2,1-4H3,(H,21,24)/t16-/m0/s1. The number of ether oxygens (including phenoxy) is 1. The summed E-state index contributed by atoms with van der Waals surface area (Å²) in [4.78, 5) is 12.4. The van der Waals surface area contributed by atoms with Crippen LogP contribution in [0.15, 0.2) is 18.2 Å². The third-order valence-corrected chi connectivity index (χ3v) is 5.33. The van der Waals surface area contributed by atoms with Crippen molar-refractivity contribution in [3.8, 4) is 5.75 Å². The predicted octanol–water partition coefficient (Wildman–Crippen LogP) is 2.82. The lowest BCUT2D eigenvalue weighted by molar-refractivity contribution is -0.120. The van der Waals surface area contributed by atoms with Gasteiger partial charge in [0.15, 0.2) is 0 Å². The normalized spacial score (nSPS) is 16.4. The highest BCUT2D eigenvalue weighted by Gasteiger charge is 2.22. The summed E-state index contributed by atoms with van der Waals surface area (Å²) in [5, 5.41) is 7.51. The molecule has 0 bridgehead atoms. The molecule has 0 unspecified atom stereocenters. The molecule has 1 aliphatic carbocycles. The van der Waals surface area contributed by atoms with E-state index in [9.17, 15) is 4.79 Å². The Hall–Kier alpha value is -2.30. The van der Waals surface area contributed by atoms with E-state index < -0.39 is 0 Å². The van der Waals surface area contributed by atoms with Gasteiger partial charge < -0.3 is 10.1 Å². The number of carbonyl (C=O) groups is 1. The van der Waals surface area contributed by atoms with Crippen LogP contribution in [0.3, 0.4) is 0 Å². The average Bonchev–Trinajstić information content (AvgIpc) is 2.85. The van der Waals surface area contributed by atoms with Gasteiger partial charge in [-0.05, 0) is 56.4 Å². The van der Waals surface area contributed by atoms with Gasteiger partial charge in [0.25, 0.3) is 0 Å². The number of carbonyl (C=O) groups excluding carboxylic acids is 1. The minimum atomic E-state index is 0.0693. The quantitative estimate of drug-likeness (QED) is 0.910. The van der Waals surface area contributed by atoms with Gasteiger partial charge in [-0.25, -0.2) is 0 Å². The Labute approximate surface area is 149 Å². The summed E-state index contributed by atoms with van der Waals surface area (Å²) < 4.78 is 7.16. The third kappa shape index (κ3) is 3.70. The highest BCUT2D eigenvalue weighted by atomic mass is 16.5. The number of methoxy groups -OCH3 is 1. The molecule has 134 valence electrons. The van der Waals surface area contributed by atoms with Crippen molar-refractivity contribution in [3.05, 3.63) is 46.3 Å². The number of hydrogen-bond donors (Lipinski definition) is 1. The summed E-state index contributed by atoms with van der Waals surface area (Å²) in [6.45, 7) is 4.66. The van der Waals surface area contributed by atoms with Crippen molar-refractivity contribution in [1.29, 1.82) is 0 Å². The fraction of sp³-hybridized carbons (Fsp3) is 0.500. The maximum Gasteiger partial charge on any atom is 0.224 e. The topological polar surface area (TPSA) is 56.1 Å². The van der Waals surface area contributed by atoms with Crippen molar-refractivity contribution in [1.82, 2.24) is 15.1 Å². The molecule has 0 radical (unpaired) electrons. The van der Waals surface area contributed by atoms with Crippen LogP contribution in [0, 0.1) is 13.8 Å². The molecule has 1 aliphatic rings. The van der Waals surface area contributed by atoms with Crippen molar-refractivity contribution >= 4 is 5.91 Å².